The Hall–Kier alpha value is -2.34. The SMILES string of the molecule is O=C(Nc1cccc(-n2cccn2)c1)N1CC[C@@H](N2CCCC2)C1. The molecular weight excluding hydrogens is 302 g/mol. The maximum atomic E-state index is 12.5. The van der Waals surface area contributed by atoms with Crippen LogP contribution >= 0.6 is 0 Å². The Labute approximate surface area is 142 Å². The number of nitrogens with zero attached hydrogens (tertiary/aromatic N) is 4. The Morgan fingerprint density at radius 3 is 2.83 bits per heavy atom. The van der Waals surface area contributed by atoms with Gasteiger partial charge in [0.2, 0.25) is 0 Å². The molecule has 2 saturated heterocycles. The molecule has 2 aliphatic rings. The Morgan fingerprint density at radius 1 is 1.17 bits per heavy atom. The molecule has 0 saturated carbocycles. The van der Waals surface area contributed by atoms with E-state index in [1.54, 1.807) is 10.9 Å². The standard InChI is InChI=1S/C18H23N5O/c24-18(22-12-7-17(14-22)21-9-1-2-10-21)20-15-5-3-6-16(13-15)23-11-4-8-19-23/h3-6,8,11,13,17H,1-2,7,9-10,12,14H2,(H,20,24)/t17-/m1/s1. The topological polar surface area (TPSA) is 53.4 Å². The highest BCUT2D eigenvalue weighted by Gasteiger charge is 2.31. The molecule has 1 N–H and O–H groups in total. The van der Waals surface area contributed by atoms with Gasteiger partial charge in [-0.15, -0.1) is 0 Å². The van der Waals surface area contributed by atoms with Gasteiger partial charge in [0.25, 0.3) is 0 Å². The van der Waals surface area contributed by atoms with Crippen molar-refractivity contribution < 1.29 is 4.79 Å². The minimum atomic E-state index is -0.00527. The van der Waals surface area contributed by atoms with E-state index in [4.69, 9.17) is 0 Å². The summed E-state index contributed by atoms with van der Waals surface area (Å²) >= 11 is 0. The second-order valence-corrected chi connectivity index (χ2v) is 6.56. The Balaban J connectivity index is 1.39. The molecule has 2 aromatic rings. The number of likely N-dealkylation sites (tertiary alicyclic amines) is 2. The summed E-state index contributed by atoms with van der Waals surface area (Å²) in [7, 11) is 0. The Bertz CT molecular complexity index is 693. The van der Waals surface area contributed by atoms with E-state index in [9.17, 15) is 4.79 Å². The molecule has 1 atom stereocenters. The van der Waals surface area contributed by atoms with Crippen LogP contribution in [-0.2, 0) is 0 Å². The number of amides is 2. The van der Waals surface area contributed by atoms with Crippen molar-refractivity contribution in [3.8, 4) is 5.69 Å². The average Bonchev–Trinajstić information content (AvgIpc) is 3.36. The van der Waals surface area contributed by atoms with Gasteiger partial charge in [-0.05, 0) is 56.6 Å². The lowest BCUT2D eigenvalue weighted by Gasteiger charge is -2.23. The Kier molecular flexibility index (Phi) is 4.21. The van der Waals surface area contributed by atoms with Crippen molar-refractivity contribution in [1.82, 2.24) is 19.6 Å². The second-order valence-electron chi connectivity index (χ2n) is 6.56. The van der Waals surface area contributed by atoms with Gasteiger partial charge in [-0.2, -0.15) is 5.10 Å². The molecule has 6 nitrogen and oxygen atoms in total. The number of urea groups is 1. The minimum Gasteiger partial charge on any atom is -0.323 e. The van der Waals surface area contributed by atoms with Crippen molar-refractivity contribution in [2.24, 2.45) is 0 Å². The number of hydrogen-bond acceptors (Lipinski definition) is 3. The number of aromatic nitrogens is 2. The summed E-state index contributed by atoms with van der Waals surface area (Å²) in [6.07, 6.45) is 7.31. The molecule has 4 rings (SSSR count). The van der Waals surface area contributed by atoms with Gasteiger partial charge in [-0.25, -0.2) is 9.48 Å². The number of carbonyl (C=O) groups is 1. The molecule has 0 spiro atoms. The van der Waals surface area contributed by atoms with Gasteiger partial charge < -0.3 is 10.2 Å². The first kappa shape index (κ1) is 15.2. The third-order valence-corrected chi connectivity index (χ3v) is 4.97. The molecule has 1 aromatic carbocycles. The molecule has 3 heterocycles. The van der Waals surface area contributed by atoms with Gasteiger partial charge in [0.05, 0.1) is 5.69 Å². The fourth-order valence-electron chi connectivity index (χ4n) is 3.68. The van der Waals surface area contributed by atoms with Crippen LogP contribution in [-0.4, -0.2) is 57.8 Å². The van der Waals surface area contributed by atoms with E-state index in [0.717, 1.165) is 30.9 Å². The quantitative estimate of drug-likeness (QED) is 0.944. The van der Waals surface area contributed by atoms with Crippen LogP contribution < -0.4 is 5.32 Å². The maximum Gasteiger partial charge on any atom is 0.321 e. The molecule has 6 heteroatoms. The number of rotatable bonds is 3. The van der Waals surface area contributed by atoms with Crippen LogP contribution in [0.15, 0.2) is 42.7 Å². The fraction of sp³-hybridized carbons (Fsp3) is 0.444. The highest BCUT2D eigenvalue weighted by molar-refractivity contribution is 5.89. The van der Waals surface area contributed by atoms with Crippen LogP contribution in [0.3, 0.4) is 0 Å². The lowest BCUT2D eigenvalue weighted by Crippen LogP contribution is -2.38. The van der Waals surface area contributed by atoms with E-state index >= 15 is 0 Å². The first-order chi connectivity index (χ1) is 11.8. The summed E-state index contributed by atoms with van der Waals surface area (Å²) in [4.78, 5) is 17.0. The molecule has 126 valence electrons. The first-order valence-electron chi connectivity index (χ1n) is 8.70. The number of nitrogens with one attached hydrogen (secondary N) is 1. The molecule has 2 aliphatic heterocycles. The van der Waals surface area contributed by atoms with E-state index in [2.05, 4.69) is 15.3 Å². The van der Waals surface area contributed by atoms with Crippen molar-refractivity contribution in [2.75, 3.05) is 31.5 Å². The average molecular weight is 325 g/mol. The van der Waals surface area contributed by atoms with E-state index in [-0.39, 0.29) is 6.03 Å². The predicted octanol–water partition coefficient (Wildman–Crippen LogP) is 2.57. The van der Waals surface area contributed by atoms with Crippen molar-refractivity contribution in [3.05, 3.63) is 42.7 Å². The molecular formula is C18H23N5O. The van der Waals surface area contributed by atoms with E-state index in [1.807, 2.05) is 41.4 Å². The molecule has 0 aliphatic carbocycles. The smallest absolute Gasteiger partial charge is 0.321 e. The Morgan fingerprint density at radius 2 is 2.04 bits per heavy atom. The number of carbonyl (C=O) groups excluding carboxylic acids is 1. The summed E-state index contributed by atoms with van der Waals surface area (Å²) in [6.45, 7) is 4.05. The zero-order chi connectivity index (χ0) is 16.4. The monoisotopic (exact) mass is 325 g/mol. The van der Waals surface area contributed by atoms with Crippen molar-refractivity contribution >= 4 is 11.7 Å². The highest BCUT2D eigenvalue weighted by atomic mass is 16.2. The summed E-state index contributed by atoms with van der Waals surface area (Å²) < 4.78 is 1.79. The van der Waals surface area contributed by atoms with Crippen molar-refractivity contribution in [3.63, 3.8) is 0 Å². The molecule has 0 unspecified atom stereocenters. The number of benzene rings is 1. The van der Waals surface area contributed by atoms with Gasteiger partial charge in [0.15, 0.2) is 0 Å². The molecule has 24 heavy (non-hydrogen) atoms. The van der Waals surface area contributed by atoms with Crippen LogP contribution in [0.5, 0.6) is 0 Å². The summed E-state index contributed by atoms with van der Waals surface area (Å²) in [6, 6.07) is 10.2. The predicted molar refractivity (Wildman–Crippen MR) is 93.4 cm³/mol. The normalized spacial score (nSPS) is 21.3. The molecule has 2 amide bonds. The minimum absolute atomic E-state index is 0.00527. The van der Waals surface area contributed by atoms with Gasteiger partial charge >= 0.3 is 6.03 Å². The van der Waals surface area contributed by atoms with Gasteiger partial charge in [-0.3, -0.25) is 4.90 Å². The highest BCUT2D eigenvalue weighted by Crippen LogP contribution is 2.21. The van der Waals surface area contributed by atoms with E-state index in [0.29, 0.717) is 6.04 Å². The zero-order valence-corrected chi connectivity index (χ0v) is 13.8. The van der Waals surface area contributed by atoms with Crippen LogP contribution in [0.1, 0.15) is 19.3 Å². The summed E-state index contributed by atoms with van der Waals surface area (Å²) in [5.41, 5.74) is 1.74. The van der Waals surface area contributed by atoms with Crippen molar-refractivity contribution in [2.45, 2.75) is 25.3 Å². The largest absolute Gasteiger partial charge is 0.323 e. The lowest BCUT2D eigenvalue weighted by molar-refractivity contribution is 0.210. The van der Waals surface area contributed by atoms with Crippen LogP contribution in [0.2, 0.25) is 0 Å². The third-order valence-electron chi connectivity index (χ3n) is 4.97. The number of anilines is 1. The molecule has 0 radical (unpaired) electrons. The number of hydrogen-bond donors (Lipinski definition) is 1. The van der Waals surface area contributed by atoms with Gasteiger partial charge in [-0.1, -0.05) is 6.07 Å². The van der Waals surface area contributed by atoms with E-state index in [1.165, 1.54) is 25.9 Å². The fourth-order valence-corrected chi connectivity index (χ4v) is 3.68. The molecule has 1 aromatic heterocycles. The van der Waals surface area contributed by atoms with E-state index < -0.39 is 0 Å². The van der Waals surface area contributed by atoms with Gasteiger partial charge in [0, 0.05) is 37.2 Å². The van der Waals surface area contributed by atoms with Crippen LogP contribution in [0, 0.1) is 0 Å². The third kappa shape index (κ3) is 3.14. The molecule has 2 fully saturated rings. The maximum absolute atomic E-state index is 12.5. The second kappa shape index (κ2) is 6.65. The summed E-state index contributed by atoms with van der Waals surface area (Å²) in [5, 5.41) is 7.25. The summed E-state index contributed by atoms with van der Waals surface area (Å²) in [5.74, 6) is 0. The van der Waals surface area contributed by atoms with Crippen molar-refractivity contribution in [1.29, 1.82) is 0 Å². The zero-order valence-electron chi connectivity index (χ0n) is 13.8. The molecule has 0 bridgehead atoms. The first-order valence-corrected chi connectivity index (χ1v) is 8.70. The van der Waals surface area contributed by atoms with Gasteiger partial charge in [0.1, 0.15) is 0 Å². The van der Waals surface area contributed by atoms with Crippen LogP contribution in [0.25, 0.3) is 5.69 Å². The lowest BCUT2D eigenvalue weighted by atomic mass is 10.2. The van der Waals surface area contributed by atoms with Crippen LogP contribution in [0.4, 0.5) is 10.5 Å².